The van der Waals surface area contributed by atoms with Crippen molar-refractivity contribution in [2.24, 2.45) is 28.1 Å². The lowest BCUT2D eigenvalue weighted by molar-refractivity contribution is -0.128. The molecule has 2 saturated carbocycles. The predicted octanol–water partition coefficient (Wildman–Crippen LogP) is 5.54. The molecule has 118 valence electrons. The monoisotopic (exact) mass is 288 g/mol. The van der Waals surface area contributed by atoms with Gasteiger partial charge in [-0.25, -0.2) is 0 Å². The predicted molar refractivity (Wildman–Crippen MR) is 88.1 cm³/mol. The Bertz CT molecular complexity index is 486. The van der Waals surface area contributed by atoms with Gasteiger partial charge in [0.15, 0.2) is 0 Å². The van der Waals surface area contributed by atoms with Gasteiger partial charge in [-0.1, -0.05) is 39.7 Å². The molecule has 0 unspecified atom stereocenters. The summed E-state index contributed by atoms with van der Waals surface area (Å²) in [6.45, 7) is 12.1. The standard InChI is InChI=1S/C20H32O/c1-14-7-8-17-19(4,15(14)13-21)12-9-16-18(2,3)10-6-11-20(16,17)5/h13,16-17H,6-12H2,1-5H3/t16-,17-,19-,20-/m0/s1. The fraction of sp³-hybridized carbons (Fsp3) is 0.850. The summed E-state index contributed by atoms with van der Waals surface area (Å²) in [4.78, 5) is 11.8. The molecule has 21 heavy (non-hydrogen) atoms. The van der Waals surface area contributed by atoms with E-state index in [1.54, 1.807) is 0 Å². The van der Waals surface area contributed by atoms with Gasteiger partial charge >= 0.3 is 0 Å². The van der Waals surface area contributed by atoms with Gasteiger partial charge in [-0.15, -0.1) is 0 Å². The SMILES string of the molecule is CC1=C(C=O)[C@]2(C)CC[C@H]3C(C)(C)CCC[C@]3(C)[C@H]2CC1. The van der Waals surface area contributed by atoms with Crippen LogP contribution >= 0.6 is 0 Å². The molecule has 3 aliphatic carbocycles. The lowest BCUT2D eigenvalue weighted by Crippen LogP contribution is -2.56. The summed E-state index contributed by atoms with van der Waals surface area (Å²) in [6.07, 6.45) is 10.3. The minimum atomic E-state index is 0.142. The van der Waals surface area contributed by atoms with Crippen LogP contribution in [0.1, 0.15) is 79.6 Å². The van der Waals surface area contributed by atoms with E-state index in [-0.39, 0.29) is 5.41 Å². The molecule has 2 fully saturated rings. The molecule has 3 aliphatic rings. The van der Waals surface area contributed by atoms with Crippen molar-refractivity contribution in [3.8, 4) is 0 Å². The molecule has 1 nitrogen and oxygen atoms in total. The molecule has 0 bridgehead atoms. The van der Waals surface area contributed by atoms with Crippen LogP contribution in [0.25, 0.3) is 0 Å². The fourth-order valence-electron chi connectivity index (χ4n) is 6.84. The third kappa shape index (κ3) is 1.99. The Labute approximate surface area is 130 Å². The summed E-state index contributed by atoms with van der Waals surface area (Å²) < 4.78 is 0. The van der Waals surface area contributed by atoms with E-state index in [0.29, 0.717) is 16.7 Å². The van der Waals surface area contributed by atoms with Crippen molar-refractivity contribution in [3.63, 3.8) is 0 Å². The molecule has 0 radical (unpaired) electrons. The largest absolute Gasteiger partial charge is 0.298 e. The van der Waals surface area contributed by atoms with E-state index in [9.17, 15) is 4.79 Å². The van der Waals surface area contributed by atoms with Crippen molar-refractivity contribution >= 4 is 6.29 Å². The van der Waals surface area contributed by atoms with Gasteiger partial charge < -0.3 is 0 Å². The lowest BCUT2D eigenvalue weighted by atomic mass is 9.40. The molecule has 0 saturated heterocycles. The van der Waals surface area contributed by atoms with E-state index in [4.69, 9.17) is 0 Å². The summed E-state index contributed by atoms with van der Waals surface area (Å²) >= 11 is 0. The number of allylic oxidation sites excluding steroid dienone is 2. The van der Waals surface area contributed by atoms with Crippen molar-refractivity contribution in [3.05, 3.63) is 11.1 Å². The maximum atomic E-state index is 11.8. The van der Waals surface area contributed by atoms with Crippen molar-refractivity contribution in [1.29, 1.82) is 0 Å². The molecule has 0 aromatic rings. The highest BCUT2D eigenvalue weighted by molar-refractivity contribution is 5.77. The number of carbonyl (C=O) groups excluding carboxylic acids is 1. The second-order valence-electron chi connectivity index (χ2n) is 9.26. The van der Waals surface area contributed by atoms with Crippen LogP contribution in [0.2, 0.25) is 0 Å². The molecule has 1 heteroatoms. The zero-order chi connectivity index (χ0) is 15.5. The Balaban J connectivity index is 2.06. The first kappa shape index (κ1) is 15.3. The molecule has 0 N–H and O–H groups in total. The van der Waals surface area contributed by atoms with Gasteiger partial charge in [0.25, 0.3) is 0 Å². The summed E-state index contributed by atoms with van der Waals surface area (Å²) in [5.74, 6) is 1.54. The summed E-state index contributed by atoms with van der Waals surface area (Å²) in [6, 6.07) is 0. The molecule has 0 heterocycles. The van der Waals surface area contributed by atoms with Gasteiger partial charge in [-0.2, -0.15) is 0 Å². The van der Waals surface area contributed by atoms with Crippen LogP contribution in [-0.4, -0.2) is 6.29 Å². The van der Waals surface area contributed by atoms with Crippen molar-refractivity contribution in [2.75, 3.05) is 0 Å². The first-order valence-electron chi connectivity index (χ1n) is 8.91. The van der Waals surface area contributed by atoms with Crippen LogP contribution in [0.4, 0.5) is 0 Å². The third-order valence-electron chi connectivity index (χ3n) is 7.79. The van der Waals surface area contributed by atoms with Crippen molar-refractivity contribution < 1.29 is 4.79 Å². The Morgan fingerprint density at radius 2 is 1.71 bits per heavy atom. The molecule has 0 aromatic carbocycles. The number of aldehydes is 1. The third-order valence-corrected chi connectivity index (χ3v) is 7.79. The second kappa shape index (κ2) is 4.70. The van der Waals surface area contributed by atoms with Gasteiger partial charge in [-0.05, 0) is 79.1 Å². The number of rotatable bonds is 1. The van der Waals surface area contributed by atoms with Crippen molar-refractivity contribution in [1.82, 2.24) is 0 Å². The minimum absolute atomic E-state index is 0.142. The van der Waals surface area contributed by atoms with E-state index in [2.05, 4.69) is 34.6 Å². The summed E-state index contributed by atoms with van der Waals surface area (Å²) in [7, 11) is 0. The van der Waals surface area contributed by atoms with E-state index < -0.39 is 0 Å². The molecule has 0 spiro atoms. The maximum absolute atomic E-state index is 11.8. The first-order chi connectivity index (χ1) is 9.75. The van der Waals surface area contributed by atoms with E-state index in [0.717, 1.165) is 17.9 Å². The van der Waals surface area contributed by atoms with Crippen LogP contribution in [0.5, 0.6) is 0 Å². The summed E-state index contributed by atoms with van der Waals surface area (Å²) in [5.41, 5.74) is 3.57. The molecular weight excluding hydrogens is 256 g/mol. The first-order valence-corrected chi connectivity index (χ1v) is 8.91. The highest BCUT2D eigenvalue weighted by Gasteiger charge is 2.59. The van der Waals surface area contributed by atoms with Gasteiger partial charge in [-0.3, -0.25) is 4.79 Å². The number of fused-ring (bicyclic) bond motifs is 3. The zero-order valence-corrected chi connectivity index (χ0v) is 14.6. The molecule has 0 amide bonds. The van der Waals surface area contributed by atoms with Gasteiger partial charge in [0, 0.05) is 0 Å². The number of carbonyl (C=O) groups is 1. The maximum Gasteiger partial charge on any atom is 0.146 e. The molecule has 3 rings (SSSR count). The minimum Gasteiger partial charge on any atom is -0.298 e. The number of hydrogen-bond acceptors (Lipinski definition) is 1. The van der Waals surface area contributed by atoms with Crippen LogP contribution in [0.15, 0.2) is 11.1 Å². The Hall–Kier alpha value is -0.590. The van der Waals surface area contributed by atoms with E-state index in [1.807, 2.05) is 0 Å². The molecule has 4 atom stereocenters. The average Bonchev–Trinajstić information content (AvgIpc) is 2.36. The lowest BCUT2D eigenvalue weighted by Gasteiger charge is -2.64. The van der Waals surface area contributed by atoms with E-state index >= 15 is 0 Å². The highest BCUT2D eigenvalue weighted by Crippen LogP contribution is 2.67. The number of hydrogen-bond donors (Lipinski definition) is 0. The Morgan fingerprint density at radius 3 is 2.38 bits per heavy atom. The summed E-state index contributed by atoms with van der Waals surface area (Å²) in [5, 5.41) is 0. The van der Waals surface area contributed by atoms with Gasteiger partial charge in [0.1, 0.15) is 6.29 Å². The van der Waals surface area contributed by atoms with Crippen LogP contribution in [0.3, 0.4) is 0 Å². The van der Waals surface area contributed by atoms with Crippen molar-refractivity contribution in [2.45, 2.75) is 79.6 Å². The average molecular weight is 288 g/mol. The fourth-order valence-corrected chi connectivity index (χ4v) is 6.84. The Morgan fingerprint density at radius 1 is 1.00 bits per heavy atom. The zero-order valence-electron chi connectivity index (χ0n) is 14.6. The van der Waals surface area contributed by atoms with Crippen LogP contribution in [-0.2, 0) is 4.79 Å². The van der Waals surface area contributed by atoms with Gasteiger partial charge in [0.05, 0.1) is 0 Å². The smallest absolute Gasteiger partial charge is 0.146 e. The molecule has 0 aromatic heterocycles. The molecular formula is C20H32O. The highest BCUT2D eigenvalue weighted by atomic mass is 16.1. The van der Waals surface area contributed by atoms with Gasteiger partial charge in [0.2, 0.25) is 0 Å². The quantitative estimate of drug-likeness (QED) is 0.579. The van der Waals surface area contributed by atoms with E-state index in [1.165, 1.54) is 50.4 Å². The topological polar surface area (TPSA) is 17.1 Å². The normalized spacial score (nSPS) is 45.8. The van der Waals surface area contributed by atoms with Crippen LogP contribution < -0.4 is 0 Å². The molecule has 0 aliphatic heterocycles. The Kier molecular flexibility index (Phi) is 3.43. The van der Waals surface area contributed by atoms with Crippen LogP contribution in [0, 0.1) is 28.1 Å². The second-order valence-corrected chi connectivity index (χ2v) is 9.26.